The molecule has 0 aromatic carbocycles. The largest absolute Gasteiger partial charge is 0.328 e. The van der Waals surface area contributed by atoms with E-state index in [1.165, 1.54) is 10.6 Å². The van der Waals surface area contributed by atoms with E-state index in [9.17, 15) is 4.79 Å². The van der Waals surface area contributed by atoms with Gasteiger partial charge in [-0.15, -0.1) is 0 Å². The molecule has 0 amide bonds. The van der Waals surface area contributed by atoms with E-state index in [1.54, 1.807) is 12.1 Å². The van der Waals surface area contributed by atoms with Crippen LogP contribution in [0.2, 0.25) is 5.15 Å². The number of hydrogen-bond acceptors (Lipinski definition) is 2. The number of hydrogen-bond donors (Lipinski definition) is 1. The molecule has 1 aromatic heterocycles. The van der Waals surface area contributed by atoms with Crippen LogP contribution in [-0.2, 0) is 0 Å². The maximum atomic E-state index is 11.3. The molecule has 1 rings (SSSR count). The number of halogens is 1. The number of nitrogens with zero attached hydrogens (tertiary/aromatic N) is 1. The van der Waals surface area contributed by atoms with Crippen LogP contribution in [0.3, 0.4) is 0 Å². The van der Waals surface area contributed by atoms with Crippen LogP contribution in [0.4, 0.5) is 0 Å². The highest BCUT2D eigenvalue weighted by atomic mass is 35.5. The second kappa shape index (κ2) is 3.74. The van der Waals surface area contributed by atoms with Gasteiger partial charge in [-0.25, -0.2) is 0 Å². The third-order valence-corrected chi connectivity index (χ3v) is 2.03. The molecule has 2 N–H and O–H groups in total. The minimum absolute atomic E-state index is 0.0498. The van der Waals surface area contributed by atoms with Gasteiger partial charge < -0.3 is 5.73 Å². The topological polar surface area (TPSA) is 48.0 Å². The molecule has 0 saturated heterocycles. The second-order valence-electron chi connectivity index (χ2n) is 2.64. The average molecular weight is 187 g/mol. The Labute approximate surface area is 75.8 Å². The van der Waals surface area contributed by atoms with Crippen molar-refractivity contribution in [2.45, 2.75) is 13.0 Å². The lowest BCUT2D eigenvalue weighted by Crippen LogP contribution is -2.27. The molecule has 1 aromatic rings. The molecule has 12 heavy (non-hydrogen) atoms. The van der Waals surface area contributed by atoms with Crippen molar-refractivity contribution in [3.63, 3.8) is 0 Å². The molecule has 1 atom stereocenters. The first-order valence-electron chi connectivity index (χ1n) is 3.74. The summed E-state index contributed by atoms with van der Waals surface area (Å²) in [5, 5.41) is 0.431. The predicted octanol–water partition coefficient (Wildman–Crippen LogP) is 1.02. The normalized spacial score (nSPS) is 12.9. The van der Waals surface area contributed by atoms with Gasteiger partial charge in [-0.1, -0.05) is 17.7 Å². The van der Waals surface area contributed by atoms with Crippen LogP contribution in [0.25, 0.3) is 0 Å². The van der Waals surface area contributed by atoms with Gasteiger partial charge in [-0.05, 0) is 13.0 Å². The molecule has 0 aliphatic carbocycles. The fourth-order valence-electron chi connectivity index (χ4n) is 1.01. The van der Waals surface area contributed by atoms with Crippen molar-refractivity contribution >= 4 is 11.6 Å². The first kappa shape index (κ1) is 9.29. The van der Waals surface area contributed by atoms with E-state index in [0.717, 1.165) is 0 Å². The van der Waals surface area contributed by atoms with E-state index >= 15 is 0 Å². The Morgan fingerprint density at radius 3 is 2.83 bits per heavy atom. The van der Waals surface area contributed by atoms with Crippen LogP contribution in [0.1, 0.15) is 13.0 Å². The SMILES string of the molecule is C[C@@H](CN)n1c(Cl)cccc1=O. The van der Waals surface area contributed by atoms with Crippen molar-refractivity contribution in [3.05, 3.63) is 33.7 Å². The Balaban J connectivity index is 3.21. The van der Waals surface area contributed by atoms with Crippen LogP contribution in [-0.4, -0.2) is 11.1 Å². The molecular formula is C8H11ClN2O. The van der Waals surface area contributed by atoms with Gasteiger partial charge >= 0.3 is 0 Å². The zero-order valence-corrected chi connectivity index (χ0v) is 7.58. The first-order valence-corrected chi connectivity index (χ1v) is 4.11. The molecule has 0 fully saturated rings. The third kappa shape index (κ3) is 1.68. The summed E-state index contributed by atoms with van der Waals surface area (Å²) in [5.74, 6) is 0. The number of pyridine rings is 1. The van der Waals surface area contributed by atoms with Gasteiger partial charge in [0.2, 0.25) is 0 Å². The Bertz CT molecular complexity index is 321. The van der Waals surface area contributed by atoms with Gasteiger partial charge in [0, 0.05) is 18.7 Å². The molecule has 0 aliphatic heterocycles. The van der Waals surface area contributed by atoms with Crippen molar-refractivity contribution in [1.29, 1.82) is 0 Å². The van der Waals surface area contributed by atoms with E-state index in [4.69, 9.17) is 17.3 Å². The molecule has 0 spiro atoms. The summed E-state index contributed by atoms with van der Waals surface area (Å²) in [6, 6.07) is 4.73. The fourth-order valence-corrected chi connectivity index (χ4v) is 1.33. The third-order valence-electron chi connectivity index (χ3n) is 1.72. The highest BCUT2D eigenvalue weighted by Crippen LogP contribution is 2.10. The molecule has 66 valence electrons. The monoisotopic (exact) mass is 186 g/mol. The number of aromatic nitrogens is 1. The molecular weight excluding hydrogens is 176 g/mol. The van der Waals surface area contributed by atoms with Crippen LogP contribution < -0.4 is 11.3 Å². The number of rotatable bonds is 2. The van der Waals surface area contributed by atoms with Gasteiger partial charge in [-0.3, -0.25) is 9.36 Å². The Morgan fingerprint density at radius 2 is 2.33 bits per heavy atom. The quantitative estimate of drug-likeness (QED) is 0.702. The van der Waals surface area contributed by atoms with E-state index in [0.29, 0.717) is 11.7 Å². The lowest BCUT2D eigenvalue weighted by atomic mass is 10.3. The highest BCUT2D eigenvalue weighted by molar-refractivity contribution is 6.29. The molecule has 0 aliphatic rings. The van der Waals surface area contributed by atoms with E-state index in [-0.39, 0.29) is 11.6 Å². The maximum Gasteiger partial charge on any atom is 0.251 e. The molecule has 0 saturated carbocycles. The Morgan fingerprint density at radius 1 is 1.67 bits per heavy atom. The highest BCUT2D eigenvalue weighted by Gasteiger charge is 2.06. The van der Waals surface area contributed by atoms with Crippen molar-refractivity contribution < 1.29 is 0 Å². The summed E-state index contributed by atoms with van der Waals surface area (Å²) in [6.45, 7) is 2.26. The Kier molecular flexibility index (Phi) is 2.89. The minimum Gasteiger partial charge on any atom is -0.328 e. The summed E-state index contributed by atoms with van der Waals surface area (Å²) in [6.07, 6.45) is 0. The maximum absolute atomic E-state index is 11.3. The van der Waals surface area contributed by atoms with Crippen LogP contribution in [0, 0.1) is 0 Å². The van der Waals surface area contributed by atoms with Crippen molar-refractivity contribution in [1.82, 2.24) is 4.57 Å². The van der Waals surface area contributed by atoms with Crippen molar-refractivity contribution in [2.75, 3.05) is 6.54 Å². The standard InChI is InChI=1S/C8H11ClN2O/c1-6(5-10)11-7(9)3-2-4-8(11)12/h2-4,6H,5,10H2,1H3/t6-/m0/s1. The molecule has 3 nitrogen and oxygen atoms in total. The lowest BCUT2D eigenvalue weighted by molar-refractivity contribution is 0.541. The van der Waals surface area contributed by atoms with Gasteiger partial charge in [0.25, 0.3) is 5.56 Å². The van der Waals surface area contributed by atoms with E-state index < -0.39 is 0 Å². The summed E-state index contributed by atoms with van der Waals surface area (Å²) >= 11 is 5.81. The molecule has 1 heterocycles. The molecule has 0 unspecified atom stereocenters. The average Bonchev–Trinajstić information content (AvgIpc) is 2.03. The predicted molar refractivity (Wildman–Crippen MR) is 49.5 cm³/mol. The van der Waals surface area contributed by atoms with E-state index in [2.05, 4.69) is 0 Å². The number of nitrogens with two attached hydrogens (primary N) is 1. The second-order valence-corrected chi connectivity index (χ2v) is 3.03. The zero-order chi connectivity index (χ0) is 9.14. The lowest BCUT2D eigenvalue weighted by Gasteiger charge is -2.13. The van der Waals surface area contributed by atoms with Gasteiger partial charge in [0.1, 0.15) is 5.15 Å². The molecule has 0 bridgehead atoms. The van der Waals surface area contributed by atoms with Crippen LogP contribution in [0.5, 0.6) is 0 Å². The minimum atomic E-state index is -0.111. The van der Waals surface area contributed by atoms with E-state index in [1.807, 2.05) is 6.92 Å². The summed E-state index contributed by atoms with van der Waals surface area (Å²) in [7, 11) is 0. The summed E-state index contributed by atoms with van der Waals surface area (Å²) in [4.78, 5) is 11.3. The van der Waals surface area contributed by atoms with Gasteiger partial charge in [0.05, 0.1) is 0 Å². The Hall–Kier alpha value is -0.800. The van der Waals surface area contributed by atoms with Crippen LogP contribution >= 0.6 is 11.6 Å². The fraction of sp³-hybridized carbons (Fsp3) is 0.375. The molecule has 0 radical (unpaired) electrons. The van der Waals surface area contributed by atoms with Crippen molar-refractivity contribution in [2.24, 2.45) is 5.73 Å². The van der Waals surface area contributed by atoms with Gasteiger partial charge in [0.15, 0.2) is 0 Å². The van der Waals surface area contributed by atoms with Gasteiger partial charge in [-0.2, -0.15) is 0 Å². The van der Waals surface area contributed by atoms with Crippen molar-refractivity contribution in [3.8, 4) is 0 Å². The van der Waals surface area contributed by atoms with Crippen LogP contribution in [0.15, 0.2) is 23.0 Å². The molecule has 4 heteroatoms. The summed E-state index contributed by atoms with van der Waals surface area (Å²) in [5.41, 5.74) is 5.31. The smallest absolute Gasteiger partial charge is 0.251 e. The first-order chi connectivity index (χ1) is 5.66. The summed E-state index contributed by atoms with van der Waals surface area (Å²) < 4.78 is 1.47. The zero-order valence-electron chi connectivity index (χ0n) is 6.83.